The first kappa shape index (κ1) is 35.8. The van der Waals surface area contributed by atoms with E-state index < -0.39 is 31.3 Å². The van der Waals surface area contributed by atoms with E-state index in [1.165, 1.54) is 73.1 Å². The van der Waals surface area contributed by atoms with Crippen LogP contribution in [0.4, 0.5) is 17.6 Å². The van der Waals surface area contributed by atoms with Gasteiger partial charge in [-0.05, 0) is 120 Å². The number of aryl methyl sites for hydroxylation is 2. The van der Waals surface area contributed by atoms with E-state index in [4.69, 9.17) is 0 Å². The van der Waals surface area contributed by atoms with Crippen LogP contribution >= 0.6 is 0 Å². The van der Waals surface area contributed by atoms with E-state index in [-0.39, 0.29) is 31.5 Å². The molecule has 0 spiro atoms. The van der Waals surface area contributed by atoms with Gasteiger partial charge in [0.2, 0.25) is 19.7 Å². The minimum absolute atomic E-state index is 0.000428. The van der Waals surface area contributed by atoms with E-state index >= 15 is 0 Å². The molecular formula is C38H28F4N2O4S2. The van der Waals surface area contributed by atoms with Crippen molar-refractivity contribution in [2.75, 3.05) is 0 Å². The summed E-state index contributed by atoms with van der Waals surface area (Å²) >= 11 is 0. The highest BCUT2D eigenvalue weighted by Crippen LogP contribution is 2.21. The zero-order valence-corrected chi connectivity index (χ0v) is 27.8. The lowest BCUT2D eigenvalue weighted by atomic mass is 10.1. The Balaban J connectivity index is 0.000000194. The Kier molecular flexibility index (Phi) is 11.3. The van der Waals surface area contributed by atoms with Crippen LogP contribution < -0.4 is 0 Å². The summed E-state index contributed by atoms with van der Waals surface area (Å²) in [5.74, 6) is -1.59. The third kappa shape index (κ3) is 9.36. The fourth-order valence-electron chi connectivity index (χ4n) is 4.54. The first-order valence-electron chi connectivity index (χ1n) is 15.0. The fourth-order valence-corrected chi connectivity index (χ4v) is 6.89. The van der Waals surface area contributed by atoms with Crippen molar-refractivity contribution in [1.82, 2.24) is 9.97 Å². The number of pyridine rings is 2. The molecule has 0 aliphatic rings. The molecule has 50 heavy (non-hydrogen) atoms. The van der Waals surface area contributed by atoms with Crippen molar-refractivity contribution < 1.29 is 34.4 Å². The molecule has 6 rings (SSSR count). The van der Waals surface area contributed by atoms with E-state index in [9.17, 15) is 34.4 Å². The van der Waals surface area contributed by atoms with Gasteiger partial charge in [-0.15, -0.1) is 0 Å². The van der Waals surface area contributed by atoms with E-state index in [0.29, 0.717) is 18.4 Å². The van der Waals surface area contributed by atoms with Crippen LogP contribution in [0, 0.1) is 23.3 Å². The van der Waals surface area contributed by atoms with Crippen LogP contribution in [-0.4, -0.2) is 26.8 Å². The molecule has 0 saturated heterocycles. The summed E-state index contributed by atoms with van der Waals surface area (Å²) in [6, 6.07) is 27.6. The summed E-state index contributed by atoms with van der Waals surface area (Å²) < 4.78 is 101. The van der Waals surface area contributed by atoms with E-state index in [0.717, 1.165) is 41.0 Å². The molecule has 6 nitrogen and oxygen atoms in total. The van der Waals surface area contributed by atoms with Crippen molar-refractivity contribution in [2.24, 2.45) is 0 Å². The average Bonchev–Trinajstić information content (AvgIpc) is 3.12. The number of hydrogen-bond acceptors (Lipinski definition) is 6. The lowest BCUT2D eigenvalue weighted by Crippen LogP contribution is -2.05. The highest BCUT2D eigenvalue weighted by Gasteiger charge is 2.20. The highest BCUT2D eigenvalue weighted by molar-refractivity contribution is 7.91. The van der Waals surface area contributed by atoms with Crippen LogP contribution in [0.1, 0.15) is 22.3 Å². The second-order valence-electron chi connectivity index (χ2n) is 10.9. The molecule has 2 heterocycles. The maximum Gasteiger partial charge on any atom is 0.223 e. The maximum absolute atomic E-state index is 12.9. The second kappa shape index (κ2) is 15.8. The largest absolute Gasteiger partial charge is 0.244 e. The molecule has 0 atom stereocenters. The van der Waals surface area contributed by atoms with Gasteiger partial charge in [-0.2, -0.15) is 0 Å². The monoisotopic (exact) mass is 716 g/mol. The van der Waals surface area contributed by atoms with Crippen molar-refractivity contribution >= 4 is 31.8 Å². The predicted octanol–water partition coefficient (Wildman–Crippen LogP) is 8.34. The van der Waals surface area contributed by atoms with Gasteiger partial charge in [0.25, 0.3) is 0 Å². The molecule has 6 aromatic rings. The molecule has 2 aromatic heterocycles. The van der Waals surface area contributed by atoms with Crippen molar-refractivity contribution in [3.05, 3.63) is 179 Å². The van der Waals surface area contributed by atoms with Crippen molar-refractivity contribution in [3.63, 3.8) is 0 Å². The molecule has 0 aliphatic carbocycles. The molecule has 0 unspecified atom stereocenters. The van der Waals surface area contributed by atoms with E-state index in [1.54, 1.807) is 48.6 Å². The number of benzene rings is 4. The van der Waals surface area contributed by atoms with Gasteiger partial charge in [-0.1, -0.05) is 48.6 Å². The summed E-state index contributed by atoms with van der Waals surface area (Å²) in [7, 11) is -7.55. The molecule has 0 saturated carbocycles. The van der Waals surface area contributed by atoms with Gasteiger partial charge in [0, 0.05) is 12.4 Å². The van der Waals surface area contributed by atoms with Gasteiger partial charge in [0.15, 0.2) is 10.1 Å². The third-order valence-corrected chi connectivity index (χ3v) is 10.7. The standard InChI is InChI=1S/C19H15F2NO2S.C19H13F2NO2S/c2*20-16-6-3-14(4-7-16)1-2-15-5-12-19(22-13-15)25(23,24)18-10-8-17(21)9-11-18/h3-13H,1-2H2;1-13H. The Morgan fingerprint density at radius 2 is 0.780 bits per heavy atom. The first-order valence-corrected chi connectivity index (χ1v) is 18.0. The second-order valence-corrected chi connectivity index (χ2v) is 14.7. The molecular weight excluding hydrogens is 689 g/mol. The number of aromatic nitrogens is 2. The zero-order chi connectivity index (χ0) is 35.7. The topological polar surface area (TPSA) is 94.1 Å². The lowest BCUT2D eigenvalue weighted by Gasteiger charge is -2.06. The highest BCUT2D eigenvalue weighted by atomic mass is 32.2. The van der Waals surface area contributed by atoms with Crippen molar-refractivity contribution in [1.29, 1.82) is 0 Å². The van der Waals surface area contributed by atoms with Gasteiger partial charge < -0.3 is 0 Å². The Labute approximate surface area is 287 Å². The summed E-state index contributed by atoms with van der Waals surface area (Å²) in [6.45, 7) is 0. The van der Waals surface area contributed by atoms with Gasteiger partial charge in [-0.25, -0.2) is 44.4 Å². The maximum atomic E-state index is 12.9. The van der Waals surface area contributed by atoms with Crippen LogP contribution in [0.3, 0.4) is 0 Å². The SMILES string of the molecule is O=S(=O)(c1ccc(F)cc1)c1ccc(C=Cc2ccc(F)cc2)cn1.O=S(=O)(c1ccc(F)cc1)c1ccc(CCc2ccc(F)cc2)cn1. The molecule has 0 N–H and O–H groups in total. The Morgan fingerprint density at radius 1 is 0.420 bits per heavy atom. The molecule has 4 aromatic carbocycles. The van der Waals surface area contributed by atoms with Gasteiger partial charge in [-0.3, -0.25) is 0 Å². The average molecular weight is 717 g/mol. The van der Waals surface area contributed by atoms with Gasteiger partial charge >= 0.3 is 0 Å². The lowest BCUT2D eigenvalue weighted by molar-refractivity contribution is 0.589. The van der Waals surface area contributed by atoms with Crippen LogP contribution in [-0.2, 0) is 32.5 Å². The predicted molar refractivity (Wildman–Crippen MR) is 181 cm³/mol. The Hall–Kier alpha value is -5.46. The number of sulfone groups is 2. The number of halogens is 4. The molecule has 0 fully saturated rings. The first-order chi connectivity index (χ1) is 23.9. The van der Waals surface area contributed by atoms with Crippen molar-refractivity contribution in [2.45, 2.75) is 32.7 Å². The Morgan fingerprint density at radius 3 is 1.22 bits per heavy atom. The number of rotatable bonds is 9. The van der Waals surface area contributed by atoms with Crippen LogP contribution in [0.5, 0.6) is 0 Å². The minimum Gasteiger partial charge on any atom is -0.244 e. The third-order valence-electron chi connectivity index (χ3n) is 7.31. The van der Waals surface area contributed by atoms with Gasteiger partial charge in [0.1, 0.15) is 23.3 Å². The summed E-state index contributed by atoms with van der Waals surface area (Å²) in [6.07, 6.45) is 7.82. The summed E-state index contributed by atoms with van der Waals surface area (Å²) in [5.41, 5.74) is 3.37. The molecule has 0 amide bonds. The van der Waals surface area contributed by atoms with Crippen LogP contribution in [0.2, 0.25) is 0 Å². The molecule has 0 radical (unpaired) electrons. The van der Waals surface area contributed by atoms with Crippen molar-refractivity contribution in [3.8, 4) is 0 Å². The zero-order valence-electron chi connectivity index (χ0n) is 26.1. The van der Waals surface area contributed by atoms with Crippen LogP contribution in [0.25, 0.3) is 12.2 Å². The quantitative estimate of drug-likeness (QED) is 0.110. The van der Waals surface area contributed by atoms with E-state index in [2.05, 4.69) is 9.97 Å². The fraction of sp³-hybridized carbons (Fsp3) is 0.0526. The summed E-state index contributed by atoms with van der Waals surface area (Å²) in [4.78, 5) is 8.00. The minimum atomic E-state index is -3.79. The van der Waals surface area contributed by atoms with E-state index in [1.807, 2.05) is 0 Å². The van der Waals surface area contributed by atoms with Crippen LogP contribution in [0.15, 0.2) is 154 Å². The number of nitrogens with zero attached hydrogens (tertiary/aromatic N) is 2. The molecule has 254 valence electrons. The Bertz CT molecular complexity index is 2280. The molecule has 0 bridgehead atoms. The summed E-state index contributed by atoms with van der Waals surface area (Å²) in [5, 5.41) is -0.192. The van der Waals surface area contributed by atoms with Gasteiger partial charge in [0.05, 0.1) is 9.79 Å². The molecule has 0 aliphatic heterocycles. The smallest absolute Gasteiger partial charge is 0.223 e. The number of hydrogen-bond donors (Lipinski definition) is 0. The molecule has 12 heteroatoms. The normalized spacial score (nSPS) is 11.6.